The van der Waals surface area contributed by atoms with Crippen molar-refractivity contribution in [1.29, 1.82) is 0 Å². The molecule has 0 heterocycles. The van der Waals surface area contributed by atoms with Crippen molar-refractivity contribution in [3.05, 3.63) is 46.8 Å². The van der Waals surface area contributed by atoms with Gasteiger partial charge in [0.1, 0.15) is 5.82 Å². The van der Waals surface area contributed by atoms with Crippen LogP contribution in [0.2, 0.25) is 0 Å². The standard InChI is InChI=1S/C11H13ClFN/c12-7-10(8-14)2-1-9-3-5-11(13)6-4-9/h3-7H,1-2,8,14H2/b10-7+. The Bertz CT molecular complexity index is 306. The van der Waals surface area contributed by atoms with Crippen molar-refractivity contribution in [1.82, 2.24) is 0 Å². The lowest BCUT2D eigenvalue weighted by Gasteiger charge is -2.03. The molecule has 0 aliphatic heterocycles. The number of hydrogen-bond donors (Lipinski definition) is 1. The van der Waals surface area contributed by atoms with Gasteiger partial charge in [0.25, 0.3) is 0 Å². The largest absolute Gasteiger partial charge is 0.327 e. The first kappa shape index (κ1) is 11.2. The molecule has 0 radical (unpaired) electrons. The quantitative estimate of drug-likeness (QED) is 0.818. The zero-order valence-electron chi connectivity index (χ0n) is 7.84. The van der Waals surface area contributed by atoms with E-state index in [1.165, 1.54) is 17.7 Å². The molecule has 0 unspecified atom stereocenters. The van der Waals surface area contributed by atoms with Gasteiger partial charge in [-0.15, -0.1) is 0 Å². The first-order valence-electron chi connectivity index (χ1n) is 4.49. The van der Waals surface area contributed by atoms with E-state index in [1.54, 1.807) is 12.1 Å². The van der Waals surface area contributed by atoms with E-state index in [-0.39, 0.29) is 5.82 Å². The van der Waals surface area contributed by atoms with Crippen molar-refractivity contribution in [3.8, 4) is 0 Å². The Hall–Kier alpha value is -0.860. The molecule has 1 rings (SSSR count). The molecule has 0 aliphatic rings. The maximum atomic E-state index is 12.6. The van der Waals surface area contributed by atoms with Crippen molar-refractivity contribution in [2.75, 3.05) is 6.54 Å². The van der Waals surface area contributed by atoms with Crippen LogP contribution in [0, 0.1) is 5.82 Å². The minimum Gasteiger partial charge on any atom is -0.327 e. The molecule has 14 heavy (non-hydrogen) atoms. The molecular weight excluding hydrogens is 201 g/mol. The summed E-state index contributed by atoms with van der Waals surface area (Å²) in [6.07, 6.45) is 1.67. The highest BCUT2D eigenvalue weighted by molar-refractivity contribution is 6.25. The molecule has 3 heteroatoms. The van der Waals surface area contributed by atoms with E-state index in [0.717, 1.165) is 24.0 Å². The van der Waals surface area contributed by atoms with Gasteiger partial charge < -0.3 is 5.73 Å². The number of rotatable bonds is 4. The fourth-order valence-corrected chi connectivity index (χ4v) is 1.36. The molecule has 1 aromatic carbocycles. The third-order valence-corrected chi connectivity index (χ3v) is 2.37. The van der Waals surface area contributed by atoms with Gasteiger partial charge in [0, 0.05) is 12.1 Å². The first-order valence-corrected chi connectivity index (χ1v) is 4.92. The Labute approximate surface area is 88.4 Å². The molecule has 0 fully saturated rings. The summed E-state index contributed by atoms with van der Waals surface area (Å²) in [6.45, 7) is 0.477. The topological polar surface area (TPSA) is 26.0 Å². The highest BCUT2D eigenvalue weighted by Gasteiger charge is 1.97. The highest BCUT2D eigenvalue weighted by atomic mass is 35.5. The third kappa shape index (κ3) is 3.48. The minimum absolute atomic E-state index is 0.208. The molecule has 1 nitrogen and oxygen atoms in total. The molecule has 0 atom stereocenters. The SMILES string of the molecule is NC/C(=C/Cl)CCc1ccc(F)cc1. The molecule has 0 aliphatic carbocycles. The predicted octanol–water partition coefficient (Wildman–Crippen LogP) is 2.84. The number of halogens is 2. The zero-order valence-corrected chi connectivity index (χ0v) is 8.60. The Morgan fingerprint density at radius 2 is 2.00 bits per heavy atom. The molecule has 0 bridgehead atoms. The van der Waals surface area contributed by atoms with Crippen LogP contribution in [0.3, 0.4) is 0 Å². The average molecular weight is 214 g/mol. The number of aryl methyl sites for hydroxylation is 1. The minimum atomic E-state index is -0.208. The van der Waals surface area contributed by atoms with E-state index < -0.39 is 0 Å². The summed E-state index contributed by atoms with van der Waals surface area (Å²) in [7, 11) is 0. The van der Waals surface area contributed by atoms with Crippen molar-refractivity contribution >= 4 is 11.6 Å². The number of benzene rings is 1. The maximum absolute atomic E-state index is 12.6. The number of hydrogen-bond acceptors (Lipinski definition) is 1. The summed E-state index contributed by atoms with van der Waals surface area (Å²) in [5, 5.41) is 0. The lowest BCUT2D eigenvalue weighted by Crippen LogP contribution is -2.03. The molecular formula is C11H13ClFN. The number of nitrogens with two attached hydrogens (primary N) is 1. The Kier molecular flexibility index (Phi) is 4.63. The molecule has 76 valence electrons. The third-order valence-electron chi connectivity index (χ3n) is 2.06. The fourth-order valence-electron chi connectivity index (χ4n) is 1.16. The van der Waals surface area contributed by atoms with Crippen LogP contribution in [0.5, 0.6) is 0 Å². The molecule has 1 aromatic rings. The van der Waals surface area contributed by atoms with Crippen molar-refractivity contribution in [3.63, 3.8) is 0 Å². The van der Waals surface area contributed by atoms with Gasteiger partial charge in [-0.2, -0.15) is 0 Å². The summed E-state index contributed by atoms with van der Waals surface area (Å²) in [5.74, 6) is -0.208. The maximum Gasteiger partial charge on any atom is 0.123 e. The van der Waals surface area contributed by atoms with Gasteiger partial charge >= 0.3 is 0 Å². The van der Waals surface area contributed by atoms with Crippen molar-refractivity contribution in [2.45, 2.75) is 12.8 Å². The Morgan fingerprint density at radius 3 is 2.50 bits per heavy atom. The molecule has 0 saturated carbocycles. The normalized spacial score (nSPS) is 11.8. The molecule has 0 aromatic heterocycles. The summed E-state index contributed by atoms with van der Waals surface area (Å²) in [4.78, 5) is 0. The molecule has 2 N–H and O–H groups in total. The van der Waals surface area contributed by atoms with Crippen LogP contribution in [-0.2, 0) is 6.42 Å². The van der Waals surface area contributed by atoms with Gasteiger partial charge in [-0.3, -0.25) is 0 Å². The second-order valence-electron chi connectivity index (χ2n) is 3.10. The lowest BCUT2D eigenvalue weighted by atomic mass is 10.1. The van der Waals surface area contributed by atoms with Gasteiger partial charge in [-0.25, -0.2) is 4.39 Å². The molecule has 0 saturated heterocycles. The van der Waals surface area contributed by atoms with Crippen LogP contribution in [-0.4, -0.2) is 6.54 Å². The van der Waals surface area contributed by atoms with Gasteiger partial charge in [0.05, 0.1) is 0 Å². The summed E-state index contributed by atoms with van der Waals surface area (Å²) in [6, 6.07) is 6.47. The fraction of sp³-hybridized carbons (Fsp3) is 0.273. The average Bonchev–Trinajstić information content (AvgIpc) is 2.22. The Morgan fingerprint density at radius 1 is 1.36 bits per heavy atom. The van der Waals surface area contributed by atoms with E-state index in [0.29, 0.717) is 6.54 Å². The second-order valence-corrected chi connectivity index (χ2v) is 3.32. The van der Waals surface area contributed by atoms with Crippen LogP contribution >= 0.6 is 11.6 Å². The van der Waals surface area contributed by atoms with E-state index in [2.05, 4.69) is 0 Å². The van der Waals surface area contributed by atoms with E-state index in [9.17, 15) is 4.39 Å². The van der Waals surface area contributed by atoms with Crippen LogP contribution in [0.15, 0.2) is 35.4 Å². The predicted molar refractivity (Wildman–Crippen MR) is 57.7 cm³/mol. The van der Waals surface area contributed by atoms with Crippen LogP contribution in [0.25, 0.3) is 0 Å². The lowest BCUT2D eigenvalue weighted by molar-refractivity contribution is 0.627. The second kappa shape index (κ2) is 5.78. The Balaban J connectivity index is 2.49. The van der Waals surface area contributed by atoms with Gasteiger partial charge in [-0.05, 0) is 36.1 Å². The van der Waals surface area contributed by atoms with E-state index >= 15 is 0 Å². The van der Waals surface area contributed by atoms with Gasteiger partial charge in [-0.1, -0.05) is 23.7 Å². The van der Waals surface area contributed by atoms with Crippen LogP contribution in [0.4, 0.5) is 4.39 Å². The summed E-state index contributed by atoms with van der Waals surface area (Å²) in [5.41, 5.74) is 9.08. The smallest absolute Gasteiger partial charge is 0.123 e. The van der Waals surface area contributed by atoms with Gasteiger partial charge in [0.15, 0.2) is 0 Å². The van der Waals surface area contributed by atoms with Crippen molar-refractivity contribution in [2.24, 2.45) is 5.73 Å². The zero-order chi connectivity index (χ0) is 10.4. The van der Waals surface area contributed by atoms with E-state index in [4.69, 9.17) is 17.3 Å². The highest BCUT2D eigenvalue weighted by Crippen LogP contribution is 2.10. The molecule has 0 spiro atoms. The van der Waals surface area contributed by atoms with Crippen LogP contribution < -0.4 is 5.73 Å². The monoisotopic (exact) mass is 213 g/mol. The summed E-state index contributed by atoms with van der Waals surface area (Å²) < 4.78 is 12.6. The molecule has 0 amide bonds. The summed E-state index contributed by atoms with van der Waals surface area (Å²) >= 11 is 5.56. The van der Waals surface area contributed by atoms with Crippen molar-refractivity contribution < 1.29 is 4.39 Å². The first-order chi connectivity index (χ1) is 6.76. The van der Waals surface area contributed by atoms with E-state index in [1.807, 2.05) is 0 Å². The van der Waals surface area contributed by atoms with Gasteiger partial charge in [0.2, 0.25) is 0 Å². The van der Waals surface area contributed by atoms with Crippen LogP contribution in [0.1, 0.15) is 12.0 Å².